The first-order chi connectivity index (χ1) is 10.6. The number of hydrogen-bond acceptors (Lipinski definition) is 5. The molecular formula is C16H11N2O4-. The van der Waals surface area contributed by atoms with Gasteiger partial charge in [0, 0.05) is 0 Å². The zero-order chi connectivity index (χ0) is 15.7. The van der Waals surface area contributed by atoms with Crippen molar-refractivity contribution in [2.45, 2.75) is 6.92 Å². The molecule has 0 unspecified atom stereocenters. The van der Waals surface area contributed by atoms with Gasteiger partial charge < -0.3 is 14.3 Å². The molecule has 0 N–H and O–H groups in total. The maximum Gasteiger partial charge on any atom is 0.280 e. The number of furan rings is 1. The van der Waals surface area contributed by atoms with E-state index in [0.717, 1.165) is 5.01 Å². The Morgan fingerprint density at radius 3 is 2.82 bits per heavy atom. The zero-order valence-electron chi connectivity index (χ0n) is 11.6. The van der Waals surface area contributed by atoms with Gasteiger partial charge in [-0.3, -0.25) is 4.79 Å². The number of benzene rings is 1. The van der Waals surface area contributed by atoms with Crippen LogP contribution < -0.4 is 10.1 Å². The van der Waals surface area contributed by atoms with E-state index in [0.29, 0.717) is 22.7 Å². The van der Waals surface area contributed by atoms with Crippen molar-refractivity contribution < 1.29 is 19.1 Å². The number of carbonyl (C=O) groups is 2. The maximum atomic E-state index is 12.5. The molecule has 110 valence electrons. The maximum absolute atomic E-state index is 12.5. The minimum Gasteiger partial charge on any atom is -0.545 e. The highest BCUT2D eigenvalue weighted by Gasteiger charge is 2.29. The largest absolute Gasteiger partial charge is 0.545 e. The Bertz CT molecular complexity index is 803. The van der Waals surface area contributed by atoms with E-state index in [-0.39, 0.29) is 11.5 Å². The fourth-order valence-electron chi connectivity index (χ4n) is 2.14. The van der Waals surface area contributed by atoms with Crippen LogP contribution >= 0.6 is 0 Å². The van der Waals surface area contributed by atoms with E-state index >= 15 is 0 Å². The van der Waals surface area contributed by atoms with E-state index in [1.165, 1.54) is 24.5 Å². The number of hydrazone groups is 1. The van der Waals surface area contributed by atoms with Crippen molar-refractivity contribution >= 4 is 29.4 Å². The van der Waals surface area contributed by atoms with Gasteiger partial charge in [0.2, 0.25) is 0 Å². The smallest absolute Gasteiger partial charge is 0.280 e. The van der Waals surface area contributed by atoms with Crippen LogP contribution in [0.4, 0.5) is 5.69 Å². The fourth-order valence-corrected chi connectivity index (χ4v) is 2.14. The molecule has 0 aliphatic carbocycles. The monoisotopic (exact) mass is 295 g/mol. The minimum atomic E-state index is -1.31. The number of rotatable bonds is 3. The number of hydrogen-bond donors (Lipinski definition) is 0. The third-order valence-corrected chi connectivity index (χ3v) is 3.22. The molecule has 2 heterocycles. The fraction of sp³-hybridized carbons (Fsp3) is 0.0625. The van der Waals surface area contributed by atoms with Gasteiger partial charge in [-0.05, 0) is 42.8 Å². The van der Waals surface area contributed by atoms with Crippen LogP contribution in [0.1, 0.15) is 23.0 Å². The molecule has 0 radical (unpaired) electrons. The van der Waals surface area contributed by atoms with Gasteiger partial charge in [-0.25, -0.2) is 0 Å². The van der Waals surface area contributed by atoms with E-state index in [1.807, 2.05) is 0 Å². The van der Waals surface area contributed by atoms with E-state index < -0.39 is 5.97 Å². The number of carboxylic acids is 1. The molecule has 1 aliphatic heterocycles. The van der Waals surface area contributed by atoms with E-state index in [2.05, 4.69) is 5.10 Å². The molecule has 6 heteroatoms. The van der Waals surface area contributed by atoms with Crippen LogP contribution in [0.5, 0.6) is 0 Å². The van der Waals surface area contributed by atoms with Crippen molar-refractivity contribution in [1.29, 1.82) is 0 Å². The molecule has 0 atom stereocenters. The van der Waals surface area contributed by atoms with Gasteiger partial charge in [0.25, 0.3) is 5.91 Å². The summed E-state index contributed by atoms with van der Waals surface area (Å²) in [4.78, 5) is 23.4. The number of nitrogens with zero attached hydrogens (tertiary/aromatic N) is 2. The number of carbonyl (C=O) groups excluding carboxylic acids is 2. The molecule has 1 aromatic carbocycles. The van der Waals surface area contributed by atoms with Gasteiger partial charge >= 0.3 is 0 Å². The summed E-state index contributed by atoms with van der Waals surface area (Å²) >= 11 is 0. The van der Waals surface area contributed by atoms with Crippen molar-refractivity contribution in [3.8, 4) is 0 Å². The van der Waals surface area contributed by atoms with Crippen molar-refractivity contribution in [2.75, 3.05) is 5.01 Å². The normalized spacial score (nSPS) is 16.2. The summed E-state index contributed by atoms with van der Waals surface area (Å²) in [6, 6.07) is 9.34. The molecule has 1 aliphatic rings. The van der Waals surface area contributed by atoms with Crippen LogP contribution in [0.2, 0.25) is 0 Å². The summed E-state index contributed by atoms with van der Waals surface area (Å²) in [6.07, 6.45) is 3.11. The highest BCUT2D eigenvalue weighted by molar-refractivity contribution is 6.32. The number of aromatic carboxylic acids is 1. The van der Waals surface area contributed by atoms with Gasteiger partial charge in [0.05, 0.1) is 29.2 Å². The lowest BCUT2D eigenvalue weighted by atomic mass is 10.1. The third kappa shape index (κ3) is 2.42. The van der Waals surface area contributed by atoms with Crippen LogP contribution in [0.15, 0.2) is 57.8 Å². The van der Waals surface area contributed by atoms with Gasteiger partial charge in [-0.1, -0.05) is 12.1 Å². The number of amides is 1. The second kappa shape index (κ2) is 5.33. The highest BCUT2D eigenvalue weighted by atomic mass is 16.4. The third-order valence-electron chi connectivity index (χ3n) is 3.22. The molecule has 1 amide bonds. The summed E-state index contributed by atoms with van der Waals surface area (Å²) in [5.74, 6) is -1.10. The number of anilines is 1. The summed E-state index contributed by atoms with van der Waals surface area (Å²) in [5.41, 5.74) is 1.28. The minimum absolute atomic E-state index is 0.0124. The Labute approximate surface area is 126 Å². The second-order valence-corrected chi connectivity index (χ2v) is 4.71. The van der Waals surface area contributed by atoms with Crippen molar-refractivity contribution in [1.82, 2.24) is 0 Å². The molecule has 0 bridgehead atoms. The first kappa shape index (κ1) is 13.8. The predicted molar refractivity (Wildman–Crippen MR) is 78.1 cm³/mol. The summed E-state index contributed by atoms with van der Waals surface area (Å²) in [7, 11) is 0. The average Bonchev–Trinajstić information content (AvgIpc) is 3.11. The predicted octanol–water partition coefficient (Wildman–Crippen LogP) is 1.45. The molecule has 0 saturated heterocycles. The lowest BCUT2D eigenvalue weighted by Gasteiger charge is -2.13. The second-order valence-electron chi connectivity index (χ2n) is 4.71. The Hall–Kier alpha value is -3.15. The molecular weight excluding hydrogens is 284 g/mol. The zero-order valence-corrected chi connectivity index (χ0v) is 11.6. The first-order valence-corrected chi connectivity index (χ1v) is 6.53. The molecule has 1 aromatic heterocycles. The van der Waals surface area contributed by atoms with Gasteiger partial charge in [-0.15, -0.1) is 0 Å². The molecule has 0 fully saturated rings. The van der Waals surface area contributed by atoms with Crippen LogP contribution in [0.25, 0.3) is 6.08 Å². The molecule has 6 nitrogen and oxygen atoms in total. The molecule has 3 rings (SSSR count). The van der Waals surface area contributed by atoms with E-state index in [9.17, 15) is 14.7 Å². The topological polar surface area (TPSA) is 85.9 Å². The number of carboxylic acid groups (broad SMARTS) is 1. The summed E-state index contributed by atoms with van der Waals surface area (Å²) in [6.45, 7) is 1.70. The molecule has 2 aromatic rings. The summed E-state index contributed by atoms with van der Waals surface area (Å²) in [5, 5.41) is 16.3. The van der Waals surface area contributed by atoms with Crippen LogP contribution in [-0.4, -0.2) is 17.6 Å². The van der Waals surface area contributed by atoms with Crippen LogP contribution in [-0.2, 0) is 4.79 Å². The quantitative estimate of drug-likeness (QED) is 0.802. The van der Waals surface area contributed by atoms with Crippen molar-refractivity contribution in [3.05, 3.63) is 59.6 Å². The highest BCUT2D eigenvalue weighted by Crippen LogP contribution is 2.25. The van der Waals surface area contributed by atoms with E-state index in [4.69, 9.17) is 4.42 Å². The standard InChI is InChI=1S/C16H12N2O4/c1-10-14(9-13-6-3-7-22-13)15(19)18(17-10)12-5-2-4-11(8-12)16(20)21/h2-9H,1H3,(H,20,21)/p-1/b14-9-. The molecule has 0 spiro atoms. The van der Waals surface area contributed by atoms with Gasteiger partial charge in [0.15, 0.2) is 0 Å². The lowest BCUT2D eigenvalue weighted by molar-refractivity contribution is -0.255. The van der Waals surface area contributed by atoms with Crippen LogP contribution in [0, 0.1) is 0 Å². The molecule has 22 heavy (non-hydrogen) atoms. The Morgan fingerprint density at radius 2 is 2.14 bits per heavy atom. The average molecular weight is 295 g/mol. The van der Waals surface area contributed by atoms with Gasteiger partial charge in [-0.2, -0.15) is 10.1 Å². The SMILES string of the molecule is CC1=NN(c2cccc(C(=O)[O-])c2)C(=O)/C1=C\c1ccco1. The van der Waals surface area contributed by atoms with E-state index in [1.54, 1.807) is 31.2 Å². The Kier molecular flexibility index (Phi) is 3.34. The van der Waals surface area contributed by atoms with Crippen LogP contribution in [0.3, 0.4) is 0 Å². The summed E-state index contributed by atoms with van der Waals surface area (Å²) < 4.78 is 5.20. The first-order valence-electron chi connectivity index (χ1n) is 6.53. The van der Waals surface area contributed by atoms with Crippen molar-refractivity contribution in [3.63, 3.8) is 0 Å². The Morgan fingerprint density at radius 1 is 1.32 bits per heavy atom. The Balaban J connectivity index is 1.96. The van der Waals surface area contributed by atoms with Gasteiger partial charge in [0.1, 0.15) is 5.76 Å². The molecule has 0 saturated carbocycles. The van der Waals surface area contributed by atoms with Crippen molar-refractivity contribution in [2.24, 2.45) is 5.10 Å². The lowest BCUT2D eigenvalue weighted by Crippen LogP contribution is -2.24.